The highest BCUT2D eigenvalue weighted by atomic mass is 16.7. The molecule has 0 bridgehead atoms. The van der Waals surface area contributed by atoms with Crippen LogP contribution in [0.1, 0.15) is 99.8 Å². The van der Waals surface area contributed by atoms with Crippen molar-refractivity contribution in [3.8, 4) is 0 Å². The van der Waals surface area contributed by atoms with E-state index in [2.05, 4.69) is 40.7 Å². The third-order valence-electron chi connectivity index (χ3n) is 12.6. The van der Waals surface area contributed by atoms with Gasteiger partial charge in [0.25, 0.3) is 0 Å². The molecule has 5 rings (SSSR count). The van der Waals surface area contributed by atoms with Gasteiger partial charge in [0, 0.05) is 24.9 Å². The average Bonchev–Trinajstić information content (AvgIpc) is 3.33. The minimum absolute atomic E-state index is 0.130. The Hall–Kier alpha value is -0.750. The summed E-state index contributed by atoms with van der Waals surface area (Å²) in [5.41, 5.74) is 0.681. The standard InChI is InChI=1S/C31H50O5/c1-27(2)23-10-9-21-20(29(23,5)14-13-24(27)32)12-16-30(6)19(11-15-31(21,30)7)18-17-22(36-26(18)35-8)25(33)28(3,4)34/h9,18-20,22-23,25-26,33-34H,10-17H2,1-8H3/t18-,19-,20-,22+,23-,25-,26-,29+,30-,31-/m0/s1. The molecule has 3 saturated carbocycles. The molecule has 0 radical (unpaired) electrons. The van der Waals surface area contributed by atoms with Crippen molar-refractivity contribution in [3.63, 3.8) is 0 Å². The molecule has 0 unspecified atom stereocenters. The van der Waals surface area contributed by atoms with Crippen LogP contribution in [0.5, 0.6) is 0 Å². The number of aliphatic hydroxyl groups is 2. The van der Waals surface area contributed by atoms with Crippen LogP contribution in [0.15, 0.2) is 11.6 Å². The number of Topliss-reactive ketones (excluding diaryl/α,β-unsaturated/α-hetero) is 1. The van der Waals surface area contributed by atoms with Gasteiger partial charge in [-0.2, -0.15) is 0 Å². The van der Waals surface area contributed by atoms with Gasteiger partial charge in [-0.1, -0.05) is 46.3 Å². The minimum Gasteiger partial charge on any atom is -0.388 e. The zero-order chi connectivity index (χ0) is 26.5. The fraction of sp³-hybridized carbons (Fsp3) is 0.903. The summed E-state index contributed by atoms with van der Waals surface area (Å²) in [6.45, 7) is 15.2. The van der Waals surface area contributed by atoms with Crippen LogP contribution in [0, 0.1) is 45.3 Å². The molecular weight excluding hydrogens is 452 g/mol. The molecule has 5 heteroatoms. The molecular formula is C31H50O5. The number of carbonyl (C=O) groups is 1. The van der Waals surface area contributed by atoms with Crippen LogP contribution in [0.2, 0.25) is 0 Å². The Labute approximate surface area is 218 Å². The number of aliphatic hydroxyl groups excluding tert-OH is 1. The second kappa shape index (κ2) is 8.37. The average molecular weight is 503 g/mol. The molecule has 4 fully saturated rings. The molecule has 1 heterocycles. The first-order chi connectivity index (χ1) is 16.6. The molecule has 5 aliphatic rings. The third kappa shape index (κ3) is 3.51. The molecule has 1 aliphatic heterocycles. The molecule has 1 saturated heterocycles. The Morgan fingerprint density at radius 2 is 1.81 bits per heavy atom. The van der Waals surface area contributed by atoms with Gasteiger partial charge in [0.1, 0.15) is 11.9 Å². The Morgan fingerprint density at radius 3 is 2.44 bits per heavy atom. The van der Waals surface area contributed by atoms with Gasteiger partial charge in [0.15, 0.2) is 6.29 Å². The maximum atomic E-state index is 12.9. The van der Waals surface area contributed by atoms with Crippen LogP contribution in [-0.2, 0) is 14.3 Å². The number of allylic oxidation sites excluding steroid dienone is 2. The summed E-state index contributed by atoms with van der Waals surface area (Å²) in [6.07, 6.45) is 9.03. The highest BCUT2D eigenvalue weighted by Crippen LogP contribution is 2.73. The number of ether oxygens (including phenoxy) is 2. The van der Waals surface area contributed by atoms with Crippen LogP contribution in [0.25, 0.3) is 0 Å². The van der Waals surface area contributed by atoms with Gasteiger partial charge in [0.2, 0.25) is 0 Å². The van der Waals surface area contributed by atoms with Crippen molar-refractivity contribution < 1.29 is 24.5 Å². The van der Waals surface area contributed by atoms with E-state index in [1.165, 1.54) is 19.3 Å². The van der Waals surface area contributed by atoms with Crippen LogP contribution >= 0.6 is 0 Å². The maximum Gasteiger partial charge on any atom is 0.160 e. The van der Waals surface area contributed by atoms with E-state index >= 15 is 0 Å². The van der Waals surface area contributed by atoms with Crippen LogP contribution in [0.3, 0.4) is 0 Å². The SMILES string of the molecule is CO[C@H]1O[C@@H]([C@H](O)C(C)(C)O)C[C@H]1[C@@H]1CC[C@@]2(C)C3=CC[C@H]4C(C)(C)C(=O)CC[C@]4(C)[C@H]3CC[C@@]12C. The van der Waals surface area contributed by atoms with E-state index in [4.69, 9.17) is 9.47 Å². The highest BCUT2D eigenvalue weighted by molar-refractivity contribution is 5.85. The molecule has 10 atom stereocenters. The van der Waals surface area contributed by atoms with Crippen molar-refractivity contribution in [2.45, 2.75) is 124 Å². The molecule has 0 aromatic heterocycles. The zero-order valence-electron chi connectivity index (χ0n) is 23.9. The number of fused-ring (bicyclic) bond motifs is 5. The largest absolute Gasteiger partial charge is 0.388 e. The number of hydrogen-bond donors (Lipinski definition) is 2. The molecule has 2 N–H and O–H groups in total. The first kappa shape index (κ1) is 26.8. The lowest BCUT2D eigenvalue weighted by atomic mass is 9.41. The highest BCUT2D eigenvalue weighted by Gasteiger charge is 2.66. The lowest BCUT2D eigenvalue weighted by Gasteiger charge is -2.63. The van der Waals surface area contributed by atoms with E-state index in [1.54, 1.807) is 26.5 Å². The Kier molecular flexibility index (Phi) is 6.24. The summed E-state index contributed by atoms with van der Waals surface area (Å²) in [5.74, 6) is 2.09. The molecule has 4 aliphatic carbocycles. The second-order valence-corrected chi connectivity index (χ2v) is 14.9. The number of methoxy groups -OCH3 is 1. The van der Waals surface area contributed by atoms with Crippen LogP contribution in [-0.4, -0.2) is 47.2 Å². The van der Waals surface area contributed by atoms with E-state index in [-0.39, 0.29) is 33.9 Å². The van der Waals surface area contributed by atoms with Gasteiger partial charge in [-0.25, -0.2) is 0 Å². The molecule has 36 heavy (non-hydrogen) atoms. The first-order valence-electron chi connectivity index (χ1n) is 14.4. The van der Waals surface area contributed by atoms with E-state index in [0.717, 1.165) is 32.1 Å². The first-order valence-corrected chi connectivity index (χ1v) is 14.4. The predicted molar refractivity (Wildman–Crippen MR) is 140 cm³/mol. The normalized spacial score (nSPS) is 49.2. The topological polar surface area (TPSA) is 76.0 Å². The van der Waals surface area contributed by atoms with Crippen molar-refractivity contribution in [1.29, 1.82) is 0 Å². The quantitative estimate of drug-likeness (QED) is 0.485. The minimum atomic E-state index is -1.21. The van der Waals surface area contributed by atoms with Crippen LogP contribution in [0.4, 0.5) is 0 Å². The Morgan fingerprint density at radius 1 is 1.11 bits per heavy atom. The molecule has 0 aromatic carbocycles. The summed E-state index contributed by atoms with van der Waals surface area (Å²) < 4.78 is 12.1. The monoisotopic (exact) mass is 502 g/mol. The van der Waals surface area contributed by atoms with Crippen molar-refractivity contribution in [3.05, 3.63) is 11.6 Å². The van der Waals surface area contributed by atoms with Gasteiger partial charge in [0.05, 0.1) is 11.7 Å². The maximum absolute atomic E-state index is 12.9. The second-order valence-electron chi connectivity index (χ2n) is 14.9. The lowest BCUT2D eigenvalue weighted by molar-refractivity contribution is -0.184. The summed E-state index contributed by atoms with van der Waals surface area (Å²) in [4.78, 5) is 12.9. The Bertz CT molecular complexity index is 932. The van der Waals surface area contributed by atoms with Crippen molar-refractivity contribution >= 4 is 5.78 Å². The molecule has 5 nitrogen and oxygen atoms in total. The van der Waals surface area contributed by atoms with E-state index in [1.807, 2.05) is 0 Å². The number of rotatable bonds is 4. The van der Waals surface area contributed by atoms with Gasteiger partial charge in [-0.05, 0) is 92.8 Å². The van der Waals surface area contributed by atoms with Crippen molar-refractivity contribution in [2.75, 3.05) is 7.11 Å². The van der Waals surface area contributed by atoms with E-state index in [0.29, 0.717) is 23.5 Å². The number of ketones is 1. The van der Waals surface area contributed by atoms with Crippen LogP contribution < -0.4 is 0 Å². The summed E-state index contributed by atoms with van der Waals surface area (Å²) in [5, 5.41) is 21.2. The number of hydrogen-bond acceptors (Lipinski definition) is 5. The molecule has 0 spiro atoms. The molecule has 0 amide bonds. The van der Waals surface area contributed by atoms with Gasteiger partial charge < -0.3 is 19.7 Å². The van der Waals surface area contributed by atoms with Gasteiger partial charge in [-0.3, -0.25) is 4.79 Å². The smallest absolute Gasteiger partial charge is 0.160 e. The van der Waals surface area contributed by atoms with Crippen molar-refractivity contribution in [1.82, 2.24) is 0 Å². The van der Waals surface area contributed by atoms with Gasteiger partial charge in [-0.15, -0.1) is 0 Å². The summed E-state index contributed by atoms with van der Waals surface area (Å²) in [7, 11) is 1.71. The lowest BCUT2D eigenvalue weighted by Crippen LogP contribution is -2.57. The van der Waals surface area contributed by atoms with Gasteiger partial charge >= 0.3 is 0 Å². The third-order valence-corrected chi connectivity index (χ3v) is 12.6. The zero-order valence-corrected chi connectivity index (χ0v) is 23.9. The van der Waals surface area contributed by atoms with E-state index in [9.17, 15) is 15.0 Å². The Balaban J connectivity index is 1.45. The fourth-order valence-electron chi connectivity index (χ4n) is 10.2. The molecule has 0 aromatic rings. The van der Waals surface area contributed by atoms with Crippen molar-refractivity contribution in [2.24, 2.45) is 45.3 Å². The predicted octanol–water partition coefficient (Wildman–Crippen LogP) is 5.67. The summed E-state index contributed by atoms with van der Waals surface area (Å²) >= 11 is 0. The number of carbonyl (C=O) groups excluding carboxylic acids is 1. The molecule has 204 valence electrons. The summed E-state index contributed by atoms with van der Waals surface area (Å²) in [6, 6.07) is 0. The van der Waals surface area contributed by atoms with E-state index < -0.39 is 17.8 Å². The fourth-order valence-corrected chi connectivity index (χ4v) is 10.2.